The van der Waals surface area contributed by atoms with Crippen LogP contribution in [0.4, 0.5) is 4.79 Å². The van der Waals surface area contributed by atoms with Crippen molar-refractivity contribution in [2.24, 2.45) is 5.41 Å². The standard InChI is InChI=1S/C14H24N2O5/c1-10(7-21-11-3-6-20-8-11)15-13(19)16-5-4-14(2,9-16)12(17)18/h10-11H,3-9H2,1-2H3,(H,15,19)(H,17,18). The molecule has 2 saturated heterocycles. The van der Waals surface area contributed by atoms with Gasteiger partial charge in [-0.05, 0) is 26.7 Å². The van der Waals surface area contributed by atoms with Gasteiger partial charge in [0.1, 0.15) is 0 Å². The lowest BCUT2D eigenvalue weighted by Gasteiger charge is -2.23. The van der Waals surface area contributed by atoms with Crippen molar-refractivity contribution in [2.75, 3.05) is 32.9 Å². The molecule has 2 heterocycles. The highest BCUT2D eigenvalue weighted by atomic mass is 16.5. The molecule has 21 heavy (non-hydrogen) atoms. The molecule has 0 bridgehead atoms. The van der Waals surface area contributed by atoms with Crippen LogP contribution in [0, 0.1) is 5.41 Å². The second kappa shape index (κ2) is 6.62. The van der Waals surface area contributed by atoms with Gasteiger partial charge in [-0.2, -0.15) is 0 Å². The first kappa shape index (κ1) is 16.0. The summed E-state index contributed by atoms with van der Waals surface area (Å²) in [5, 5.41) is 12.0. The molecule has 2 N–H and O–H groups in total. The van der Waals surface area contributed by atoms with Crippen molar-refractivity contribution in [2.45, 2.75) is 38.8 Å². The predicted octanol–water partition coefficient (Wildman–Crippen LogP) is 0.687. The molecule has 7 heteroatoms. The maximum Gasteiger partial charge on any atom is 0.317 e. The minimum absolute atomic E-state index is 0.116. The Labute approximate surface area is 124 Å². The summed E-state index contributed by atoms with van der Waals surface area (Å²) in [6, 6.07) is -0.339. The minimum atomic E-state index is -0.851. The number of nitrogens with one attached hydrogen (secondary N) is 1. The summed E-state index contributed by atoms with van der Waals surface area (Å²) in [5.74, 6) is -0.851. The molecule has 0 aromatic heterocycles. The van der Waals surface area contributed by atoms with Gasteiger partial charge in [-0.3, -0.25) is 4.79 Å². The van der Waals surface area contributed by atoms with E-state index in [0.29, 0.717) is 26.2 Å². The number of rotatable bonds is 5. The van der Waals surface area contributed by atoms with Gasteiger partial charge < -0.3 is 24.8 Å². The Kier molecular flexibility index (Phi) is 5.05. The van der Waals surface area contributed by atoms with Gasteiger partial charge >= 0.3 is 12.0 Å². The van der Waals surface area contributed by atoms with Gasteiger partial charge in [0.15, 0.2) is 0 Å². The third-order valence-corrected chi connectivity index (χ3v) is 4.12. The summed E-state index contributed by atoms with van der Waals surface area (Å²) >= 11 is 0. The normalized spacial score (nSPS) is 30.4. The van der Waals surface area contributed by atoms with Crippen LogP contribution >= 0.6 is 0 Å². The largest absolute Gasteiger partial charge is 0.481 e. The Morgan fingerprint density at radius 3 is 2.90 bits per heavy atom. The van der Waals surface area contributed by atoms with Gasteiger partial charge in [-0.25, -0.2) is 4.79 Å². The molecule has 2 amide bonds. The molecule has 3 unspecified atom stereocenters. The van der Waals surface area contributed by atoms with E-state index in [0.717, 1.165) is 13.0 Å². The van der Waals surface area contributed by atoms with Gasteiger partial charge in [0, 0.05) is 19.7 Å². The van der Waals surface area contributed by atoms with E-state index >= 15 is 0 Å². The van der Waals surface area contributed by atoms with Gasteiger partial charge in [-0.15, -0.1) is 0 Å². The Morgan fingerprint density at radius 2 is 2.33 bits per heavy atom. The lowest BCUT2D eigenvalue weighted by molar-refractivity contribution is -0.147. The third kappa shape index (κ3) is 4.07. The maximum atomic E-state index is 12.1. The lowest BCUT2D eigenvalue weighted by Crippen LogP contribution is -2.46. The first-order valence-corrected chi connectivity index (χ1v) is 7.39. The number of amides is 2. The van der Waals surface area contributed by atoms with Crippen molar-refractivity contribution in [3.63, 3.8) is 0 Å². The summed E-state index contributed by atoms with van der Waals surface area (Å²) in [6.45, 7) is 6.05. The quantitative estimate of drug-likeness (QED) is 0.780. The van der Waals surface area contributed by atoms with Crippen LogP contribution in [0.15, 0.2) is 0 Å². The number of likely N-dealkylation sites (tertiary alicyclic amines) is 1. The van der Waals surface area contributed by atoms with Crippen LogP contribution in [0.25, 0.3) is 0 Å². The summed E-state index contributed by atoms with van der Waals surface area (Å²) < 4.78 is 10.9. The van der Waals surface area contributed by atoms with E-state index in [9.17, 15) is 9.59 Å². The molecule has 2 aliphatic rings. The third-order valence-electron chi connectivity index (χ3n) is 4.12. The summed E-state index contributed by atoms with van der Waals surface area (Å²) in [6.07, 6.45) is 1.50. The first-order valence-electron chi connectivity index (χ1n) is 7.39. The van der Waals surface area contributed by atoms with Gasteiger partial charge in [0.25, 0.3) is 0 Å². The fourth-order valence-corrected chi connectivity index (χ4v) is 2.58. The molecule has 0 radical (unpaired) electrons. The highest BCUT2D eigenvalue weighted by Gasteiger charge is 2.42. The Bertz CT molecular complexity index is 397. The van der Waals surface area contributed by atoms with Crippen LogP contribution in [0.3, 0.4) is 0 Å². The van der Waals surface area contributed by atoms with Crippen LogP contribution in [0.1, 0.15) is 26.7 Å². The number of carbonyl (C=O) groups is 2. The van der Waals surface area contributed by atoms with Crippen molar-refractivity contribution < 1.29 is 24.2 Å². The number of ether oxygens (including phenoxy) is 2. The van der Waals surface area contributed by atoms with E-state index in [1.807, 2.05) is 6.92 Å². The summed E-state index contributed by atoms with van der Waals surface area (Å²) in [5.41, 5.74) is -0.835. The maximum absolute atomic E-state index is 12.1. The van der Waals surface area contributed by atoms with E-state index in [1.54, 1.807) is 11.8 Å². The predicted molar refractivity (Wildman–Crippen MR) is 75.1 cm³/mol. The molecule has 120 valence electrons. The molecule has 7 nitrogen and oxygen atoms in total. The Balaban J connectivity index is 1.72. The SMILES string of the molecule is CC(COC1CCOC1)NC(=O)N1CCC(C)(C(=O)O)C1. The number of nitrogens with zero attached hydrogens (tertiary/aromatic N) is 1. The molecular weight excluding hydrogens is 276 g/mol. The van der Waals surface area contributed by atoms with Crippen LogP contribution < -0.4 is 5.32 Å². The molecule has 0 aliphatic carbocycles. The topological polar surface area (TPSA) is 88.1 Å². The van der Waals surface area contributed by atoms with Crippen molar-refractivity contribution >= 4 is 12.0 Å². The molecule has 0 saturated carbocycles. The van der Waals surface area contributed by atoms with Gasteiger partial charge in [0.05, 0.1) is 30.8 Å². The zero-order valence-corrected chi connectivity index (χ0v) is 12.6. The fraction of sp³-hybridized carbons (Fsp3) is 0.857. The second-order valence-electron chi connectivity index (χ2n) is 6.21. The summed E-state index contributed by atoms with van der Waals surface area (Å²) in [7, 11) is 0. The molecule has 2 aliphatic heterocycles. The first-order chi connectivity index (χ1) is 9.90. The molecular formula is C14H24N2O5. The molecule has 2 rings (SSSR count). The second-order valence-corrected chi connectivity index (χ2v) is 6.21. The number of carboxylic acid groups (broad SMARTS) is 1. The zero-order chi connectivity index (χ0) is 15.5. The Hall–Kier alpha value is -1.34. The monoisotopic (exact) mass is 300 g/mol. The molecule has 0 aromatic rings. The van der Waals surface area contributed by atoms with E-state index in [2.05, 4.69) is 5.32 Å². The number of aliphatic carboxylic acids is 1. The van der Waals surface area contributed by atoms with E-state index in [1.165, 1.54) is 0 Å². The lowest BCUT2D eigenvalue weighted by atomic mass is 9.90. The fourth-order valence-electron chi connectivity index (χ4n) is 2.58. The smallest absolute Gasteiger partial charge is 0.317 e. The molecule has 3 atom stereocenters. The van der Waals surface area contributed by atoms with Crippen LogP contribution in [-0.4, -0.2) is 67.1 Å². The van der Waals surface area contributed by atoms with Crippen molar-refractivity contribution in [1.29, 1.82) is 0 Å². The van der Waals surface area contributed by atoms with Gasteiger partial charge in [0.2, 0.25) is 0 Å². The molecule has 0 spiro atoms. The minimum Gasteiger partial charge on any atom is -0.481 e. The van der Waals surface area contributed by atoms with Crippen molar-refractivity contribution in [3.8, 4) is 0 Å². The average Bonchev–Trinajstić information content (AvgIpc) is 3.06. The van der Waals surface area contributed by atoms with Crippen LogP contribution in [-0.2, 0) is 14.3 Å². The number of urea groups is 1. The molecule has 2 fully saturated rings. The molecule has 0 aromatic carbocycles. The number of carbonyl (C=O) groups excluding carboxylic acids is 1. The highest BCUT2D eigenvalue weighted by Crippen LogP contribution is 2.29. The highest BCUT2D eigenvalue weighted by molar-refractivity contribution is 5.79. The zero-order valence-electron chi connectivity index (χ0n) is 12.6. The van der Waals surface area contributed by atoms with Gasteiger partial charge in [-0.1, -0.05) is 0 Å². The van der Waals surface area contributed by atoms with E-state index in [4.69, 9.17) is 14.6 Å². The number of hydrogen-bond acceptors (Lipinski definition) is 4. The number of carboxylic acids is 1. The Morgan fingerprint density at radius 1 is 1.57 bits per heavy atom. The average molecular weight is 300 g/mol. The number of hydrogen-bond donors (Lipinski definition) is 2. The van der Waals surface area contributed by atoms with Crippen LogP contribution in [0.5, 0.6) is 0 Å². The van der Waals surface area contributed by atoms with E-state index in [-0.39, 0.29) is 24.7 Å². The summed E-state index contributed by atoms with van der Waals surface area (Å²) in [4.78, 5) is 24.8. The van der Waals surface area contributed by atoms with Crippen LogP contribution in [0.2, 0.25) is 0 Å². The van der Waals surface area contributed by atoms with Crippen molar-refractivity contribution in [3.05, 3.63) is 0 Å². The van der Waals surface area contributed by atoms with E-state index < -0.39 is 11.4 Å². The van der Waals surface area contributed by atoms with Crippen molar-refractivity contribution in [1.82, 2.24) is 10.2 Å².